The molecule has 5 rings (SSSR count). The fraction of sp³-hybridized carbons (Fsp3) is 0.259. The van der Waals surface area contributed by atoms with Gasteiger partial charge in [0.1, 0.15) is 5.75 Å². The molecule has 1 aliphatic carbocycles. The number of carbonyl (C=O) groups excluding carboxylic acids is 1. The Morgan fingerprint density at radius 3 is 2.74 bits per heavy atom. The Balaban J connectivity index is 1.41. The molecule has 0 fully saturated rings. The number of rotatable bonds is 5. The summed E-state index contributed by atoms with van der Waals surface area (Å²) < 4.78 is 5.62. The highest BCUT2D eigenvalue weighted by Gasteiger charge is 2.25. The van der Waals surface area contributed by atoms with Crippen LogP contribution in [0.15, 0.2) is 54.9 Å². The van der Waals surface area contributed by atoms with Gasteiger partial charge in [-0.05, 0) is 56.7 Å². The fourth-order valence-electron chi connectivity index (χ4n) is 4.69. The molecule has 1 amide bonds. The van der Waals surface area contributed by atoms with Crippen molar-refractivity contribution in [3.05, 3.63) is 87.9 Å². The van der Waals surface area contributed by atoms with Gasteiger partial charge in [-0.1, -0.05) is 30.3 Å². The van der Waals surface area contributed by atoms with Gasteiger partial charge in [-0.3, -0.25) is 20.1 Å². The summed E-state index contributed by atoms with van der Waals surface area (Å²) >= 11 is 1.57. The molecule has 3 heterocycles. The van der Waals surface area contributed by atoms with E-state index >= 15 is 0 Å². The average molecular weight is 471 g/mol. The number of benzene rings is 1. The molecule has 1 aromatic carbocycles. The number of thiazole rings is 1. The first-order valence-electron chi connectivity index (χ1n) is 11.3. The van der Waals surface area contributed by atoms with E-state index in [1.54, 1.807) is 30.8 Å². The Morgan fingerprint density at radius 2 is 1.94 bits per heavy atom. The SMILES string of the molecule is COc1c(-c2ccncc2C(=O)Nc2nc3c(s2)CC(c2ccccc2)CC3)cc(C)nc1C. The first-order valence-corrected chi connectivity index (χ1v) is 12.2. The highest BCUT2D eigenvalue weighted by Crippen LogP contribution is 2.38. The summed E-state index contributed by atoms with van der Waals surface area (Å²) in [6.07, 6.45) is 6.22. The molecular weight excluding hydrogens is 444 g/mol. The third-order valence-electron chi connectivity index (χ3n) is 6.26. The van der Waals surface area contributed by atoms with Crippen molar-refractivity contribution in [1.29, 1.82) is 0 Å². The first-order chi connectivity index (χ1) is 16.5. The summed E-state index contributed by atoms with van der Waals surface area (Å²) in [7, 11) is 1.62. The number of aryl methyl sites for hydroxylation is 3. The van der Waals surface area contributed by atoms with Crippen LogP contribution in [0.2, 0.25) is 0 Å². The summed E-state index contributed by atoms with van der Waals surface area (Å²) in [5.41, 5.74) is 6.15. The minimum Gasteiger partial charge on any atom is -0.494 e. The standard InChI is InChI=1S/C27H26N4O2S/c1-16-13-21(25(33-3)17(2)29-16)20-11-12-28-15-22(20)26(32)31-27-30-23-10-9-19(14-24(23)34-27)18-7-5-4-6-8-18/h4-8,11-13,15,19H,9-10,14H2,1-3H3,(H,30,31,32). The minimum absolute atomic E-state index is 0.233. The topological polar surface area (TPSA) is 77.0 Å². The van der Waals surface area contributed by atoms with Crippen LogP contribution in [0.3, 0.4) is 0 Å². The molecule has 1 atom stereocenters. The maximum Gasteiger partial charge on any atom is 0.259 e. The van der Waals surface area contributed by atoms with E-state index in [-0.39, 0.29) is 5.91 Å². The largest absolute Gasteiger partial charge is 0.494 e. The number of aromatic nitrogens is 3. The van der Waals surface area contributed by atoms with Crippen LogP contribution in [0.25, 0.3) is 11.1 Å². The summed E-state index contributed by atoms with van der Waals surface area (Å²) in [6, 6.07) is 14.4. The van der Waals surface area contributed by atoms with Gasteiger partial charge in [0, 0.05) is 34.1 Å². The Kier molecular flexibility index (Phi) is 6.11. The molecule has 0 saturated heterocycles. The van der Waals surface area contributed by atoms with Gasteiger partial charge in [-0.2, -0.15) is 0 Å². The van der Waals surface area contributed by atoms with Gasteiger partial charge in [0.2, 0.25) is 0 Å². The van der Waals surface area contributed by atoms with Crippen molar-refractivity contribution in [2.75, 3.05) is 12.4 Å². The average Bonchev–Trinajstić information content (AvgIpc) is 3.25. The molecule has 0 aliphatic heterocycles. The highest BCUT2D eigenvalue weighted by molar-refractivity contribution is 7.15. The first kappa shape index (κ1) is 22.2. The van der Waals surface area contributed by atoms with Crippen LogP contribution in [0.1, 0.15) is 50.2 Å². The number of ether oxygens (including phenoxy) is 1. The number of nitrogens with one attached hydrogen (secondary N) is 1. The number of amides is 1. The van der Waals surface area contributed by atoms with Crippen LogP contribution < -0.4 is 10.1 Å². The van der Waals surface area contributed by atoms with Crippen molar-refractivity contribution in [3.8, 4) is 16.9 Å². The van der Waals surface area contributed by atoms with Crippen molar-refractivity contribution in [2.45, 2.75) is 39.0 Å². The summed E-state index contributed by atoms with van der Waals surface area (Å²) in [4.78, 5) is 28.0. The van der Waals surface area contributed by atoms with Gasteiger partial charge < -0.3 is 4.74 Å². The van der Waals surface area contributed by atoms with E-state index in [0.29, 0.717) is 22.4 Å². The van der Waals surface area contributed by atoms with E-state index in [1.165, 1.54) is 10.4 Å². The predicted molar refractivity (Wildman–Crippen MR) is 135 cm³/mol. The molecule has 0 radical (unpaired) electrons. The third kappa shape index (κ3) is 4.31. The monoisotopic (exact) mass is 470 g/mol. The second-order valence-corrected chi connectivity index (χ2v) is 9.63. The Hall–Kier alpha value is -3.58. The van der Waals surface area contributed by atoms with Crippen LogP contribution in [-0.2, 0) is 12.8 Å². The lowest BCUT2D eigenvalue weighted by Crippen LogP contribution is -2.14. The van der Waals surface area contributed by atoms with Crippen LogP contribution in [0.5, 0.6) is 5.75 Å². The zero-order valence-electron chi connectivity index (χ0n) is 19.5. The molecule has 6 nitrogen and oxygen atoms in total. The lowest BCUT2D eigenvalue weighted by atomic mass is 9.85. The Labute approximate surface area is 203 Å². The van der Waals surface area contributed by atoms with Crippen molar-refractivity contribution < 1.29 is 9.53 Å². The number of hydrogen-bond acceptors (Lipinski definition) is 6. The fourth-order valence-corrected chi connectivity index (χ4v) is 5.77. The molecule has 1 unspecified atom stereocenters. The van der Waals surface area contributed by atoms with E-state index in [2.05, 4.69) is 45.6 Å². The van der Waals surface area contributed by atoms with Crippen LogP contribution >= 0.6 is 11.3 Å². The van der Waals surface area contributed by atoms with Gasteiger partial charge in [0.25, 0.3) is 5.91 Å². The summed E-state index contributed by atoms with van der Waals surface area (Å²) in [5.74, 6) is 0.916. The van der Waals surface area contributed by atoms with Gasteiger partial charge >= 0.3 is 0 Å². The smallest absolute Gasteiger partial charge is 0.259 e. The second-order valence-electron chi connectivity index (χ2n) is 8.54. The number of carbonyl (C=O) groups is 1. The number of anilines is 1. The number of nitrogens with zero attached hydrogens (tertiary/aromatic N) is 3. The third-order valence-corrected chi connectivity index (χ3v) is 7.30. The number of hydrogen-bond donors (Lipinski definition) is 1. The number of fused-ring (bicyclic) bond motifs is 1. The van der Waals surface area contributed by atoms with E-state index < -0.39 is 0 Å². The Bertz CT molecular complexity index is 1350. The van der Waals surface area contributed by atoms with Crippen molar-refractivity contribution >= 4 is 22.4 Å². The summed E-state index contributed by atoms with van der Waals surface area (Å²) in [6.45, 7) is 3.83. The van der Waals surface area contributed by atoms with Crippen molar-refractivity contribution in [1.82, 2.24) is 15.0 Å². The van der Waals surface area contributed by atoms with Crippen LogP contribution in [-0.4, -0.2) is 28.0 Å². The normalized spacial score (nSPS) is 15.0. The summed E-state index contributed by atoms with van der Waals surface area (Å²) in [5, 5.41) is 3.65. The molecule has 0 saturated carbocycles. The molecule has 3 aromatic heterocycles. The van der Waals surface area contributed by atoms with Gasteiger partial charge in [0.05, 0.1) is 24.1 Å². The molecule has 1 N–H and O–H groups in total. The van der Waals surface area contributed by atoms with Crippen LogP contribution in [0.4, 0.5) is 5.13 Å². The maximum atomic E-state index is 13.3. The predicted octanol–water partition coefficient (Wildman–Crippen LogP) is 5.75. The van der Waals surface area contributed by atoms with Gasteiger partial charge in [0.15, 0.2) is 5.13 Å². The molecule has 172 valence electrons. The van der Waals surface area contributed by atoms with Gasteiger partial charge in [-0.25, -0.2) is 4.98 Å². The van der Waals surface area contributed by atoms with E-state index in [4.69, 9.17) is 9.72 Å². The van der Waals surface area contributed by atoms with Crippen molar-refractivity contribution in [3.63, 3.8) is 0 Å². The van der Waals surface area contributed by atoms with E-state index in [9.17, 15) is 4.79 Å². The highest BCUT2D eigenvalue weighted by atomic mass is 32.1. The molecule has 34 heavy (non-hydrogen) atoms. The molecule has 0 spiro atoms. The maximum absolute atomic E-state index is 13.3. The lowest BCUT2D eigenvalue weighted by Gasteiger charge is -2.21. The molecule has 0 bridgehead atoms. The molecule has 1 aliphatic rings. The Morgan fingerprint density at radius 1 is 1.12 bits per heavy atom. The molecule has 7 heteroatoms. The molecule has 4 aromatic rings. The quantitative estimate of drug-likeness (QED) is 0.402. The molecular formula is C27H26N4O2S. The number of methoxy groups -OCH3 is 1. The van der Waals surface area contributed by atoms with E-state index in [0.717, 1.165) is 47.5 Å². The van der Waals surface area contributed by atoms with E-state index in [1.807, 2.05) is 26.0 Å². The minimum atomic E-state index is -0.233. The van der Waals surface area contributed by atoms with Crippen molar-refractivity contribution in [2.24, 2.45) is 0 Å². The second kappa shape index (κ2) is 9.35. The number of pyridine rings is 2. The zero-order valence-corrected chi connectivity index (χ0v) is 20.3. The lowest BCUT2D eigenvalue weighted by molar-refractivity contribution is 0.102. The zero-order chi connectivity index (χ0) is 23.7. The van der Waals surface area contributed by atoms with Crippen LogP contribution in [0, 0.1) is 13.8 Å². The van der Waals surface area contributed by atoms with Gasteiger partial charge in [-0.15, -0.1) is 11.3 Å².